The summed E-state index contributed by atoms with van der Waals surface area (Å²) in [7, 11) is 0. The van der Waals surface area contributed by atoms with Gasteiger partial charge < -0.3 is 0 Å². The van der Waals surface area contributed by atoms with Crippen LogP contribution in [0.15, 0.2) is 59.7 Å². The number of thioether (sulfide) groups is 1. The number of hydrogen-bond acceptors (Lipinski definition) is 3. The maximum absolute atomic E-state index is 11.8. The van der Waals surface area contributed by atoms with E-state index in [-0.39, 0.29) is 5.91 Å². The van der Waals surface area contributed by atoms with Crippen molar-refractivity contribution in [3.8, 4) is 0 Å². The Hall–Kier alpha value is -2.07. The Morgan fingerprint density at radius 2 is 1.75 bits per heavy atom. The molecule has 24 heavy (non-hydrogen) atoms. The molecule has 0 radical (unpaired) electrons. The summed E-state index contributed by atoms with van der Waals surface area (Å²) in [6.45, 7) is 4.02. The minimum atomic E-state index is -0.0498. The Kier molecular flexibility index (Phi) is 7.56. The van der Waals surface area contributed by atoms with Gasteiger partial charge in [-0.3, -0.25) is 4.79 Å². The molecule has 0 atom stereocenters. The van der Waals surface area contributed by atoms with Crippen LogP contribution >= 0.6 is 11.8 Å². The summed E-state index contributed by atoms with van der Waals surface area (Å²) in [6, 6.07) is 18.7. The van der Waals surface area contributed by atoms with E-state index in [9.17, 15) is 4.79 Å². The Labute approximate surface area is 148 Å². The standard InChI is InChI=1S/C20H24N2OS/c1-16-8-11-19(12-9-16)14-24-15-20(23)22-21-17(2)10-13-18-6-4-3-5-7-18/h3-9,11-12H,10,13-15H2,1-2H3,(H,22,23)/b21-17+. The lowest BCUT2D eigenvalue weighted by Gasteiger charge is -2.04. The van der Waals surface area contributed by atoms with Crippen LogP contribution in [0.1, 0.15) is 30.0 Å². The number of benzene rings is 2. The molecule has 0 aliphatic carbocycles. The maximum Gasteiger partial charge on any atom is 0.250 e. The van der Waals surface area contributed by atoms with E-state index in [1.807, 2.05) is 25.1 Å². The van der Waals surface area contributed by atoms with E-state index in [1.165, 1.54) is 16.7 Å². The Balaban J connectivity index is 1.65. The highest BCUT2D eigenvalue weighted by Crippen LogP contribution is 2.12. The molecule has 1 amide bonds. The van der Waals surface area contributed by atoms with Crippen molar-refractivity contribution in [2.24, 2.45) is 5.10 Å². The molecule has 4 heteroatoms. The van der Waals surface area contributed by atoms with Gasteiger partial charge in [0.1, 0.15) is 0 Å². The van der Waals surface area contributed by atoms with Crippen molar-refractivity contribution in [1.29, 1.82) is 0 Å². The molecule has 0 fully saturated rings. The number of aryl methyl sites for hydroxylation is 2. The van der Waals surface area contributed by atoms with Crippen molar-refractivity contribution < 1.29 is 4.79 Å². The first-order chi connectivity index (χ1) is 11.6. The van der Waals surface area contributed by atoms with Crippen LogP contribution < -0.4 is 5.43 Å². The number of nitrogens with one attached hydrogen (secondary N) is 1. The fourth-order valence-corrected chi connectivity index (χ4v) is 2.94. The Morgan fingerprint density at radius 3 is 2.46 bits per heavy atom. The van der Waals surface area contributed by atoms with Crippen LogP contribution in [0, 0.1) is 6.92 Å². The molecule has 2 aromatic rings. The summed E-state index contributed by atoms with van der Waals surface area (Å²) >= 11 is 1.60. The van der Waals surface area contributed by atoms with Gasteiger partial charge in [-0.25, -0.2) is 5.43 Å². The molecular formula is C20H24N2OS. The molecule has 2 rings (SSSR count). The minimum Gasteiger partial charge on any atom is -0.272 e. The van der Waals surface area contributed by atoms with Crippen molar-refractivity contribution in [3.05, 3.63) is 71.3 Å². The monoisotopic (exact) mass is 340 g/mol. The minimum absolute atomic E-state index is 0.0498. The van der Waals surface area contributed by atoms with E-state index < -0.39 is 0 Å². The average Bonchev–Trinajstić information content (AvgIpc) is 2.61. The van der Waals surface area contributed by atoms with Gasteiger partial charge in [0.2, 0.25) is 5.91 Å². The summed E-state index contributed by atoms with van der Waals surface area (Å²) in [5.41, 5.74) is 7.36. The second-order valence-electron chi connectivity index (χ2n) is 5.85. The number of rotatable bonds is 8. The topological polar surface area (TPSA) is 41.5 Å². The molecule has 0 saturated heterocycles. The molecule has 2 aromatic carbocycles. The van der Waals surface area contributed by atoms with E-state index in [4.69, 9.17) is 0 Å². The number of nitrogens with zero attached hydrogens (tertiary/aromatic N) is 1. The smallest absolute Gasteiger partial charge is 0.250 e. The zero-order chi connectivity index (χ0) is 17.2. The van der Waals surface area contributed by atoms with Crippen LogP contribution in [0.3, 0.4) is 0 Å². The predicted octanol–water partition coefficient (Wildman–Crippen LogP) is 4.35. The summed E-state index contributed by atoms with van der Waals surface area (Å²) in [5, 5.41) is 4.18. The van der Waals surface area contributed by atoms with Gasteiger partial charge in [-0.05, 0) is 37.8 Å². The first-order valence-electron chi connectivity index (χ1n) is 8.12. The molecule has 0 heterocycles. The third kappa shape index (κ3) is 7.01. The van der Waals surface area contributed by atoms with Crippen LogP contribution in [0.5, 0.6) is 0 Å². The van der Waals surface area contributed by atoms with Crippen LogP contribution in [0.2, 0.25) is 0 Å². The first kappa shape index (κ1) is 18.3. The van der Waals surface area contributed by atoms with Gasteiger partial charge in [0.25, 0.3) is 0 Å². The second-order valence-corrected chi connectivity index (χ2v) is 6.83. The first-order valence-corrected chi connectivity index (χ1v) is 9.28. The molecule has 0 aliphatic rings. The third-order valence-electron chi connectivity index (χ3n) is 3.61. The lowest BCUT2D eigenvalue weighted by Crippen LogP contribution is -2.21. The third-order valence-corrected chi connectivity index (χ3v) is 4.62. The van der Waals surface area contributed by atoms with Gasteiger partial charge in [0, 0.05) is 11.5 Å². The van der Waals surface area contributed by atoms with Gasteiger partial charge in [0.15, 0.2) is 0 Å². The Morgan fingerprint density at radius 1 is 1.04 bits per heavy atom. The number of amides is 1. The second kappa shape index (κ2) is 9.93. The van der Waals surface area contributed by atoms with Crippen molar-refractivity contribution in [2.75, 3.05) is 5.75 Å². The molecule has 126 valence electrons. The van der Waals surface area contributed by atoms with Crippen molar-refractivity contribution in [1.82, 2.24) is 5.43 Å². The zero-order valence-electron chi connectivity index (χ0n) is 14.3. The summed E-state index contributed by atoms with van der Waals surface area (Å²) in [4.78, 5) is 11.8. The highest BCUT2D eigenvalue weighted by molar-refractivity contribution is 7.99. The average molecular weight is 340 g/mol. The molecule has 1 N–H and O–H groups in total. The number of carbonyl (C=O) groups excluding carboxylic acids is 1. The Bertz CT molecular complexity index is 666. The van der Waals surface area contributed by atoms with Crippen LogP contribution in [-0.2, 0) is 17.0 Å². The van der Waals surface area contributed by atoms with Gasteiger partial charge in [-0.2, -0.15) is 5.10 Å². The predicted molar refractivity (Wildman–Crippen MR) is 103 cm³/mol. The summed E-state index contributed by atoms with van der Waals surface area (Å²) < 4.78 is 0. The SMILES string of the molecule is C/C(CCc1ccccc1)=N\NC(=O)CSCc1ccc(C)cc1. The zero-order valence-corrected chi connectivity index (χ0v) is 15.1. The summed E-state index contributed by atoms with van der Waals surface area (Å²) in [5.74, 6) is 1.21. The molecule has 3 nitrogen and oxygen atoms in total. The number of carbonyl (C=O) groups is 1. The van der Waals surface area contributed by atoms with E-state index >= 15 is 0 Å². The lowest BCUT2D eigenvalue weighted by molar-refractivity contribution is -0.118. The highest BCUT2D eigenvalue weighted by atomic mass is 32.2. The maximum atomic E-state index is 11.8. The van der Waals surface area contributed by atoms with E-state index in [0.29, 0.717) is 5.75 Å². The van der Waals surface area contributed by atoms with Crippen LogP contribution in [0.4, 0.5) is 0 Å². The lowest BCUT2D eigenvalue weighted by atomic mass is 10.1. The van der Waals surface area contributed by atoms with Gasteiger partial charge in [-0.1, -0.05) is 60.2 Å². The van der Waals surface area contributed by atoms with E-state index in [1.54, 1.807) is 11.8 Å². The molecule has 0 spiro atoms. The van der Waals surface area contributed by atoms with Crippen molar-refractivity contribution in [3.63, 3.8) is 0 Å². The number of hydrogen-bond donors (Lipinski definition) is 1. The quantitative estimate of drug-likeness (QED) is 0.573. The van der Waals surface area contributed by atoms with Crippen molar-refractivity contribution >= 4 is 23.4 Å². The normalized spacial score (nSPS) is 11.3. The fourth-order valence-electron chi connectivity index (χ4n) is 2.16. The van der Waals surface area contributed by atoms with Gasteiger partial charge in [0.05, 0.1) is 5.75 Å². The van der Waals surface area contributed by atoms with E-state index in [0.717, 1.165) is 24.3 Å². The van der Waals surface area contributed by atoms with Gasteiger partial charge in [-0.15, -0.1) is 11.8 Å². The highest BCUT2D eigenvalue weighted by Gasteiger charge is 2.02. The molecular weight excluding hydrogens is 316 g/mol. The molecule has 0 unspecified atom stereocenters. The van der Waals surface area contributed by atoms with Crippen LogP contribution in [-0.4, -0.2) is 17.4 Å². The van der Waals surface area contributed by atoms with Gasteiger partial charge >= 0.3 is 0 Å². The molecule has 0 aliphatic heterocycles. The number of hydrazone groups is 1. The van der Waals surface area contributed by atoms with Crippen LogP contribution in [0.25, 0.3) is 0 Å². The largest absolute Gasteiger partial charge is 0.272 e. The molecule has 0 bridgehead atoms. The summed E-state index contributed by atoms with van der Waals surface area (Å²) in [6.07, 6.45) is 1.79. The molecule has 0 aromatic heterocycles. The van der Waals surface area contributed by atoms with Crippen molar-refractivity contribution in [2.45, 2.75) is 32.4 Å². The molecule has 0 saturated carbocycles. The van der Waals surface area contributed by atoms with E-state index in [2.05, 4.69) is 53.8 Å². The fraction of sp³-hybridized carbons (Fsp3) is 0.300.